The van der Waals surface area contributed by atoms with Crippen molar-refractivity contribution in [3.63, 3.8) is 0 Å². The molecule has 0 saturated carbocycles. The summed E-state index contributed by atoms with van der Waals surface area (Å²) in [7, 11) is 3.79. The van der Waals surface area contributed by atoms with Gasteiger partial charge < -0.3 is 9.80 Å². The van der Waals surface area contributed by atoms with Crippen LogP contribution in [-0.4, -0.2) is 42.1 Å². The Labute approximate surface area is 107 Å². The number of halogens is 1. The molecule has 94 valence electrons. The molecule has 6 heteroatoms. The van der Waals surface area contributed by atoms with Crippen molar-refractivity contribution in [3.05, 3.63) is 5.28 Å². The molecular formula is C11H18ClN5. The molecule has 0 amide bonds. The average molecular weight is 256 g/mol. The first-order valence-electron chi connectivity index (χ1n) is 5.94. The summed E-state index contributed by atoms with van der Waals surface area (Å²) in [6, 6.07) is 0. The van der Waals surface area contributed by atoms with Crippen molar-refractivity contribution in [2.24, 2.45) is 5.92 Å². The van der Waals surface area contributed by atoms with Gasteiger partial charge in [-0.3, -0.25) is 0 Å². The molecule has 5 nitrogen and oxygen atoms in total. The van der Waals surface area contributed by atoms with Crippen molar-refractivity contribution in [2.75, 3.05) is 37.0 Å². The first-order chi connectivity index (χ1) is 8.10. The van der Waals surface area contributed by atoms with Gasteiger partial charge in [-0.2, -0.15) is 15.0 Å². The SMILES string of the molecule is CCC1CCN(c2nc(Cl)nc(N(C)C)n2)C1. The fourth-order valence-electron chi connectivity index (χ4n) is 2.02. The molecule has 0 N–H and O–H groups in total. The Morgan fingerprint density at radius 2 is 2.12 bits per heavy atom. The highest BCUT2D eigenvalue weighted by Gasteiger charge is 2.24. The molecule has 1 atom stereocenters. The molecule has 0 bridgehead atoms. The number of hydrogen-bond acceptors (Lipinski definition) is 5. The van der Waals surface area contributed by atoms with Gasteiger partial charge in [0.25, 0.3) is 0 Å². The van der Waals surface area contributed by atoms with Crippen LogP contribution >= 0.6 is 11.6 Å². The summed E-state index contributed by atoms with van der Waals surface area (Å²) in [4.78, 5) is 16.8. The highest BCUT2D eigenvalue weighted by Crippen LogP contribution is 2.24. The van der Waals surface area contributed by atoms with Crippen LogP contribution in [0.3, 0.4) is 0 Å². The fourth-order valence-corrected chi connectivity index (χ4v) is 2.17. The molecule has 1 aliphatic heterocycles. The summed E-state index contributed by atoms with van der Waals surface area (Å²) in [5.74, 6) is 2.05. The van der Waals surface area contributed by atoms with Gasteiger partial charge in [0, 0.05) is 27.2 Å². The molecule has 0 spiro atoms. The molecule has 1 saturated heterocycles. The van der Waals surface area contributed by atoms with Crippen molar-refractivity contribution >= 4 is 23.5 Å². The predicted octanol–water partition coefficient (Wildman–Crippen LogP) is 1.83. The molecule has 1 fully saturated rings. The fraction of sp³-hybridized carbons (Fsp3) is 0.727. The van der Waals surface area contributed by atoms with Gasteiger partial charge in [-0.05, 0) is 23.9 Å². The van der Waals surface area contributed by atoms with Crippen LogP contribution in [0.15, 0.2) is 0 Å². The number of anilines is 2. The Kier molecular flexibility index (Phi) is 3.66. The van der Waals surface area contributed by atoms with E-state index >= 15 is 0 Å². The second-order valence-corrected chi connectivity index (χ2v) is 4.95. The molecule has 2 rings (SSSR count). The van der Waals surface area contributed by atoms with Crippen molar-refractivity contribution in [1.29, 1.82) is 0 Å². The normalized spacial score (nSPS) is 19.8. The van der Waals surface area contributed by atoms with Crippen LogP contribution in [0.1, 0.15) is 19.8 Å². The van der Waals surface area contributed by atoms with Crippen LogP contribution in [0.4, 0.5) is 11.9 Å². The van der Waals surface area contributed by atoms with Crippen LogP contribution < -0.4 is 9.80 Å². The molecule has 17 heavy (non-hydrogen) atoms. The summed E-state index contributed by atoms with van der Waals surface area (Å²) in [6.45, 7) is 4.25. The van der Waals surface area contributed by atoms with E-state index in [1.807, 2.05) is 19.0 Å². The maximum atomic E-state index is 5.93. The molecule has 1 aliphatic rings. The summed E-state index contributed by atoms with van der Waals surface area (Å²) in [5, 5.41) is 0.263. The first kappa shape index (κ1) is 12.4. The van der Waals surface area contributed by atoms with Crippen molar-refractivity contribution in [1.82, 2.24) is 15.0 Å². The Morgan fingerprint density at radius 1 is 1.35 bits per heavy atom. The van der Waals surface area contributed by atoms with Crippen LogP contribution in [0, 0.1) is 5.92 Å². The van der Waals surface area contributed by atoms with Crippen LogP contribution in [0.5, 0.6) is 0 Å². The number of rotatable bonds is 3. The van der Waals surface area contributed by atoms with Gasteiger partial charge in [-0.15, -0.1) is 0 Å². The maximum absolute atomic E-state index is 5.93. The zero-order valence-corrected chi connectivity index (χ0v) is 11.3. The van der Waals surface area contributed by atoms with Crippen LogP contribution in [-0.2, 0) is 0 Å². The van der Waals surface area contributed by atoms with Gasteiger partial charge in [-0.1, -0.05) is 13.3 Å². The highest BCUT2D eigenvalue weighted by atomic mass is 35.5. The Hall–Kier alpha value is -1.10. The minimum atomic E-state index is 0.263. The molecule has 1 aromatic heterocycles. The van der Waals surface area contributed by atoms with E-state index in [2.05, 4.69) is 26.8 Å². The lowest BCUT2D eigenvalue weighted by Gasteiger charge is -2.18. The van der Waals surface area contributed by atoms with E-state index in [1.165, 1.54) is 12.8 Å². The van der Waals surface area contributed by atoms with E-state index in [-0.39, 0.29) is 5.28 Å². The molecule has 2 heterocycles. The number of aromatic nitrogens is 3. The third-order valence-corrected chi connectivity index (χ3v) is 3.30. The van der Waals surface area contributed by atoms with E-state index in [0.717, 1.165) is 19.0 Å². The van der Waals surface area contributed by atoms with E-state index in [0.29, 0.717) is 11.9 Å². The second kappa shape index (κ2) is 5.04. The minimum Gasteiger partial charge on any atom is -0.347 e. The topological polar surface area (TPSA) is 45.2 Å². The largest absolute Gasteiger partial charge is 0.347 e. The van der Waals surface area contributed by atoms with Gasteiger partial charge in [0.1, 0.15) is 0 Å². The zero-order valence-electron chi connectivity index (χ0n) is 10.5. The Morgan fingerprint density at radius 3 is 2.71 bits per heavy atom. The van der Waals surface area contributed by atoms with Crippen molar-refractivity contribution in [3.8, 4) is 0 Å². The van der Waals surface area contributed by atoms with Crippen LogP contribution in [0.25, 0.3) is 0 Å². The van der Waals surface area contributed by atoms with E-state index < -0.39 is 0 Å². The molecule has 1 aromatic rings. The molecular weight excluding hydrogens is 238 g/mol. The average Bonchev–Trinajstić information content (AvgIpc) is 2.76. The number of nitrogens with zero attached hydrogens (tertiary/aromatic N) is 5. The molecule has 0 aromatic carbocycles. The maximum Gasteiger partial charge on any atom is 0.231 e. The standard InChI is InChI=1S/C11H18ClN5/c1-4-8-5-6-17(7-8)11-14-9(12)13-10(15-11)16(2)3/h8H,4-7H2,1-3H3. The lowest BCUT2D eigenvalue weighted by Crippen LogP contribution is -2.24. The second-order valence-electron chi connectivity index (χ2n) is 4.61. The summed E-state index contributed by atoms with van der Waals surface area (Å²) in [5.41, 5.74) is 0. The van der Waals surface area contributed by atoms with Crippen LogP contribution in [0.2, 0.25) is 5.28 Å². The van der Waals surface area contributed by atoms with Crippen molar-refractivity contribution < 1.29 is 0 Å². The van der Waals surface area contributed by atoms with Gasteiger partial charge in [0.15, 0.2) is 0 Å². The Balaban J connectivity index is 2.21. The summed E-state index contributed by atoms with van der Waals surface area (Å²) >= 11 is 5.93. The molecule has 0 aliphatic carbocycles. The van der Waals surface area contributed by atoms with Gasteiger partial charge in [0.05, 0.1) is 0 Å². The quantitative estimate of drug-likeness (QED) is 0.825. The molecule has 0 radical (unpaired) electrons. The smallest absolute Gasteiger partial charge is 0.231 e. The highest BCUT2D eigenvalue weighted by molar-refractivity contribution is 6.28. The zero-order chi connectivity index (χ0) is 12.4. The monoisotopic (exact) mass is 255 g/mol. The van der Waals surface area contributed by atoms with Gasteiger partial charge in [0.2, 0.25) is 17.2 Å². The van der Waals surface area contributed by atoms with E-state index in [9.17, 15) is 0 Å². The van der Waals surface area contributed by atoms with Gasteiger partial charge in [-0.25, -0.2) is 0 Å². The van der Waals surface area contributed by atoms with Crippen molar-refractivity contribution in [2.45, 2.75) is 19.8 Å². The Bertz CT molecular complexity index is 395. The lowest BCUT2D eigenvalue weighted by molar-refractivity contribution is 0.568. The van der Waals surface area contributed by atoms with Gasteiger partial charge >= 0.3 is 0 Å². The van der Waals surface area contributed by atoms with E-state index in [4.69, 9.17) is 11.6 Å². The predicted molar refractivity (Wildman–Crippen MR) is 69.8 cm³/mol. The first-order valence-corrected chi connectivity index (χ1v) is 6.31. The minimum absolute atomic E-state index is 0.263. The third kappa shape index (κ3) is 2.77. The molecule has 1 unspecified atom stereocenters. The number of hydrogen-bond donors (Lipinski definition) is 0. The third-order valence-electron chi connectivity index (χ3n) is 3.13. The summed E-state index contributed by atoms with van der Waals surface area (Å²) < 4.78 is 0. The summed E-state index contributed by atoms with van der Waals surface area (Å²) in [6.07, 6.45) is 2.41. The lowest BCUT2D eigenvalue weighted by atomic mass is 10.1. The van der Waals surface area contributed by atoms with E-state index in [1.54, 1.807) is 0 Å².